The summed E-state index contributed by atoms with van der Waals surface area (Å²) < 4.78 is 0. The predicted molar refractivity (Wildman–Crippen MR) is 14.5 cm³/mol. The molecule has 0 atom stereocenters. The molecule has 0 heterocycles. The molecule has 0 aromatic carbocycles. The maximum absolute atomic E-state index is 6.50. The Labute approximate surface area is 73.7 Å². The summed E-state index contributed by atoms with van der Waals surface area (Å²) in [7, 11) is 0. The van der Waals surface area contributed by atoms with Crippen molar-refractivity contribution in [2.24, 2.45) is 0 Å². The van der Waals surface area contributed by atoms with E-state index in [1.165, 1.54) is 0 Å². The molecule has 0 aliphatic rings. The summed E-state index contributed by atoms with van der Waals surface area (Å²) in [5.74, 6) is 0. The van der Waals surface area contributed by atoms with E-state index >= 15 is 0 Å². The van der Waals surface area contributed by atoms with Crippen molar-refractivity contribution in [3.63, 3.8) is 0 Å². The molecule has 0 amide bonds. The van der Waals surface area contributed by atoms with Crippen molar-refractivity contribution in [3.05, 3.63) is 0 Å². The molecule has 24 valence electrons. The van der Waals surface area contributed by atoms with Crippen molar-refractivity contribution < 1.29 is 50.5 Å². The molecule has 0 saturated carbocycles. The van der Waals surface area contributed by atoms with Gasteiger partial charge in [-0.05, 0) is 0 Å². The number of nitrogens with zero attached hydrogens (tertiary/aromatic N) is 2. The van der Waals surface area contributed by atoms with E-state index in [0.717, 1.165) is 0 Å². The first-order valence-corrected chi connectivity index (χ1v) is 0.516. The quantitative estimate of drug-likeness (QED) is 0.349. The summed E-state index contributed by atoms with van der Waals surface area (Å²) in [6.45, 7) is 7.00. The van der Waals surface area contributed by atoms with Crippen LogP contribution in [0.15, 0.2) is 0 Å². The zero-order valence-electron chi connectivity index (χ0n) is 4.76. The van der Waals surface area contributed by atoms with Crippen LogP contribution in [-0.4, -0.2) is 0 Å². The normalized spacial score (nSPS) is 0.667. The maximum Gasteiger partial charge on any atom is 1.00 e. The third-order valence-electron chi connectivity index (χ3n) is 0. The van der Waals surface area contributed by atoms with Crippen LogP contribution in [0, 0.1) is 23.7 Å². The second kappa shape index (κ2) is 326. The van der Waals surface area contributed by atoms with Gasteiger partial charge in [0, 0.05) is 32.6 Å². The summed E-state index contributed by atoms with van der Waals surface area (Å²) in [4.78, 5) is 0. The van der Waals surface area contributed by atoms with Gasteiger partial charge in [0.1, 0.15) is 0 Å². The Kier molecular flexibility index (Phi) is 1660. The van der Waals surface area contributed by atoms with Crippen LogP contribution in [0.1, 0.15) is 1.43 Å². The van der Waals surface area contributed by atoms with Gasteiger partial charge in [0.2, 0.25) is 0 Å². The number of rotatable bonds is 0. The van der Waals surface area contributed by atoms with Crippen LogP contribution in [0.3, 0.4) is 0 Å². The molecule has 0 aromatic rings. The molecule has 0 aliphatic heterocycles. The Morgan fingerprint density at radius 3 is 1.00 bits per heavy atom. The van der Waals surface area contributed by atoms with Crippen LogP contribution in [0.4, 0.5) is 0 Å². The van der Waals surface area contributed by atoms with E-state index in [-0.39, 0.29) is 50.5 Å². The van der Waals surface area contributed by atoms with E-state index in [2.05, 4.69) is 13.1 Å². The van der Waals surface area contributed by atoms with Gasteiger partial charge >= 0.3 is 29.6 Å². The summed E-state index contributed by atoms with van der Waals surface area (Å²) in [5, 5.41) is 13.0. The number of hydrogen-bond donors (Lipinski definition) is 0. The molecule has 0 radical (unpaired) electrons. The molecule has 0 rings (SSSR count). The van der Waals surface area contributed by atoms with Gasteiger partial charge in [-0.15, -0.1) is 0 Å². The number of nitriles is 2. The first-order chi connectivity index (χ1) is 2.00. The minimum Gasteiger partial charge on any atom is -1.00 e. The molecule has 0 spiro atoms. The Morgan fingerprint density at radius 1 is 1.00 bits per heavy atom. The topological polar surface area (TPSA) is 47.6 Å². The maximum atomic E-state index is 6.50. The van der Waals surface area contributed by atoms with E-state index in [0.29, 0.717) is 0 Å². The zero-order valence-corrected chi connectivity index (χ0v) is 8.72. The van der Waals surface area contributed by atoms with Gasteiger partial charge in [-0.25, -0.2) is 10.5 Å². The van der Waals surface area contributed by atoms with Crippen LogP contribution < -0.4 is 29.6 Å². The van der Waals surface area contributed by atoms with Crippen molar-refractivity contribution >= 4 is 0 Å². The van der Waals surface area contributed by atoms with Gasteiger partial charge in [0.15, 0.2) is 0 Å². The van der Waals surface area contributed by atoms with Crippen LogP contribution in [0.5, 0.6) is 0 Å². The van der Waals surface area contributed by atoms with Gasteiger partial charge in [-0.1, -0.05) is 0 Å². The molecule has 0 aliphatic carbocycles. The number of hydrogen-bond acceptors (Lipinski definition) is 2. The van der Waals surface area contributed by atoms with Gasteiger partial charge < -0.3 is 1.43 Å². The van der Waals surface area contributed by atoms with Crippen molar-refractivity contribution in [3.8, 4) is 13.1 Å². The Bertz CT molecular complexity index is 31.2. The van der Waals surface area contributed by atoms with E-state index in [4.69, 9.17) is 10.5 Å². The minimum absolute atomic E-state index is 0. The van der Waals surface area contributed by atoms with Crippen LogP contribution >= 0.6 is 0 Å². The van der Waals surface area contributed by atoms with Crippen LogP contribution in [-0.2, 0) is 19.5 Å². The Hall–Kier alpha value is 0.603. The SMILES string of the molecule is C#N.C#N.[H-].[Na+].[Zn]. The van der Waals surface area contributed by atoms with Crippen LogP contribution in [0.2, 0.25) is 0 Å². The van der Waals surface area contributed by atoms with Crippen molar-refractivity contribution in [1.82, 2.24) is 0 Å². The average molecular weight is 143 g/mol. The second-order valence-corrected chi connectivity index (χ2v) is 0. The van der Waals surface area contributed by atoms with Crippen molar-refractivity contribution in [2.45, 2.75) is 0 Å². The molecule has 0 saturated heterocycles. The van der Waals surface area contributed by atoms with E-state index in [9.17, 15) is 0 Å². The molecule has 2 nitrogen and oxygen atoms in total. The Balaban J connectivity index is -0.00000000267. The molecular formula is C2H3N2NaZn. The molecule has 4 heteroatoms. The molecule has 0 unspecified atom stereocenters. The van der Waals surface area contributed by atoms with Crippen molar-refractivity contribution in [2.75, 3.05) is 0 Å². The van der Waals surface area contributed by atoms with Gasteiger partial charge in [-0.3, -0.25) is 0 Å². The van der Waals surface area contributed by atoms with Crippen LogP contribution in [0.25, 0.3) is 0 Å². The van der Waals surface area contributed by atoms with Gasteiger partial charge in [0.25, 0.3) is 0 Å². The summed E-state index contributed by atoms with van der Waals surface area (Å²) in [5.41, 5.74) is 0. The molecule has 6 heavy (non-hydrogen) atoms. The monoisotopic (exact) mass is 142 g/mol. The summed E-state index contributed by atoms with van der Waals surface area (Å²) >= 11 is 0. The smallest absolute Gasteiger partial charge is 1.00 e. The summed E-state index contributed by atoms with van der Waals surface area (Å²) in [6, 6.07) is 0. The molecule has 0 N–H and O–H groups in total. The van der Waals surface area contributed by atoms with Gasteiger partial charge in [-0.2, -0.15) is 0 Å². The molecule has 0 aromatic heterocycles. The first-order valence-electron chi connectivity index (χ1n) is 0.516. The fourth-order valence-corrected chi connectivity index (χ4v) is 0. The minimum atomic E-state index is 0. The standard InChI is InChI=1S/2CHN.Na.Zn.H/c2*1-2;;;/h2*1H;;;/q;;+1;;-1. The summed E-state index contributed by atoms with van der Waals surface area (Å²) in [6.07, 6.45) is 0. The fourth-order valence-electron chi connectivity index (χ4n) is 0. The molecule has 0 fully saturated rings. The van der Waals surface area contributed by atoms with E-state index in [1.54, 1.807) is 0 Å². The predicted octanol–water partition coefficient (Wildman–Crippen LogP) is -2.61. The Morgan fingerprint density at radius 2 is 1.00 bits per heavy atom. The first kappa shape index (κ1) is 30.6. The average Bonchev–Trinajstić information content (AvgIpc) is 1.50. The van der Waals surface area contributed by atoms with Gasteiger partial charge in [0.05, 0.1) is 0 Å². The molecular weight excluding hydrogens is 140 g/mol. The third kappa shape index (κ3) is 164. The largest absolute Gasteiger partial charge is 1.00 e. The van der Waals surface area contributed by atoms with E-state index in [1.807, 2.05) is 0 Å². The van der Waals surface area contributed by atoms with E-state index < -0.39 is 0 Å². The molecule has 0 bridgehead atoms. The third-order valence-corrected chi connectivity index (χ3v) is 0. The van der Waals surface area contributed by atoms with Crippen molar-refractivity contribution in [1.29, 1.82) is 10.5 Å². The zero-order chi connectivity index (χ0) is 4.00. The fraction of sp³-hybridized carbons (Fsp3) is 0. The second-order valence-electron chi connectivity index (χ2n) is 0.